The van der Waals surface area contributed by atoms with E-state index >= 15 is 0 Å². The van der Waals surface area contributed by atoms with Gasteiger partial charge in [-0.1, -0.05) is 29.8 Å². The number of hydrogen-bond acceptors (Lipinski definition) is 7. The van der Waals surface area contributed by atoms with Crippen LogP contribution in [-0.4, -0.2) is 45.4 Å². The van der Waals surface area contributed by atoms with Gasteiger partial charge in [-0.3, -0.25) is 24.2 Å². The summed E-state index contributed by atoms with van der Waals surface area (Å²) in [5.74, 6) is -1.68. The standard InChI is InChI=1S/C33H31ClFN7O3/c1-20-15-21(18-36)17-24(16-20)41(31(45)27-7-8-28(43)42(27)32-38-14-11-23(19-37)40-32)29(25-5-3-4-6-26(25)34)30(44)39-22-9-12-33(2,35)13-10-22/h3-6,11,14-17,22,27,29H,7-10,12-13H2,1-2H3,(H,39,44)/t22?,27-,29-,33?/m0/s1. The Morgan fingerprint density at radius 3 is 2.56 bits per heavy atom. The van der Waals surface area contributed by atoms with E-state index in [4.69, 9.17) is 11.6 Å². The largest absolute Gasteiger partial charge is 0.351 e. The third kappa shape index (κ3) is 6.79. The summed E-state index contributed by atoms with van der Waals surface area (Å²) in [7, 11) is 0. The third-order valence-corrected chi connectivity index (χ3v) is 8.60. The van der Waals surface area contributed by atoms with Crippen LogP contribution in [0, 0.1) is 29.6 Å². The first-order chi connectivity index (χ1) is 21.5. The number of nitrogens with one attached hydrogen (secondary N) is 1. The van der Waals surface area contributed by atoms with E-state index in [9.17, 15) is 29.3 Å². The van der Waals surface area contributed by atoms with Gasteiger partial charge in [0.2, 0.25) is 17.8 Å². The lowest BCUT2D eigenvalue weighted by molar-refractivity contribution is -0.128. The summed E-state index contributed by atoms with van der Waals surface area (Å²) in [6, 6.07) is 14.1. The van der Waals surface area contributed by atoms with Gasteiger partial charge in [0, 0.05) is 34.9 Å². The Labute approximate surface area is 265 Å². The maximum Gasteiger partial charge on any atom is 0.251 e. The lowest BCUT2D eigenvalue weighted by atomic mass is 9.85. The van der Waals surface area contributed by atoms with Crippen LogP contribution in [0.2, 0.25) is 5.02 Å². The summed E-state index contributed by atoms with van der Waals surface area (Å²) < 4.78 is 14.6. The second-order valence-electron chi connectivity index (χ2n) is 11.7. The molecule has 2 atom stereocenters. The molecule has 2 heterocycles. The predicted molar refractivity (Wildman–Crippen MR) is 165 cm³/mol. The highest BCUT2D eigenvalue weighted by Crippen LogP contribution is 2.37. The summed E-state index contributed by atoms with van der Waals surface area (Å²) in [4.78, 5) is 53.1. The molecular weight excluding hydrogens is 597 g/mol. The maximum atomic E-state index is 14.8. The van der Waals surface area contributed by atoms with Crippen molar-refractivity contribution in [3.05, 3.63) is 82.1 Å². The molecule has 0 unspecified atom stereocenters. The fraction of sp³-hybridized carbons (Fsp3) is 0.364. The van der Waals surface area contributed by atoms with Crippen molar-refractivity contribution in [2.75, 3.05) is 9.80 Å². The van der Waals surface area contributed by atoms with Gasteiger partial charge in [0.05, 0.1) is 11.6 Å². The van der Waals surface area contributed by atoms with Gasteiger partial charge in [-0.05, 0) is 81.8 Å². The predicted octanol–water partition coefficient (Wildman–Crippen LogP) is 5.24. The molecule has 12 heteroatoms. The highest BCUT2D eigenvalue weighted by Gasteiger charge is 2.45. The molecule has 2 fully saturated rings. The van der Waals surface area contributed by atoms with Crippen LogP contribution in [0.4, 0.5) is 16.0 Å². The Bertz CT molecular complexity index is 1720. The van der Waals surface area contributed by atoms with Gasteiger partial charge < -0.3 is 5.32 Å². The monoisotopic (exact) mass is 627 g/mol. The van der Waals surface area contributed by atoms with Crippen LogP contribution < -0.4 is 15.1 Å². The van der Waals surface area contributed by atoms with Crippen LogP contribution in [0.25, 0.3) is 0 Å². The number of rotatable bonds is 7. The average Bonchev–Trinajstić information content (AvgIpc) is 3.41. The van der Waals surface area contributed by atoms with Gasteiger partial charge in [0.1, 0.15) is 29.5 Å². The average molecular weight is 628 g/mol. The molecule has 0 spiro atoms. The minimum Gasteiger partial charge on any atom is -0.351 e. The van der Waals surface area contributed by atoms with Crippen molar-refractivity contribution in [3.8, 4) is 12.1 Å². The zero-order valence-corrected chi connectivity index (χ0v) is 25.6. The number of nitrogens with zero attached hydrogens (tertiary/aromatic N) is 6. The zero-order chi connectivity index (χ0) is 32.3. The fourth-order valence-corrected chi connectivity index (χ4v) is 6.20. The number of carbonyl (C=O) groups is 3. The number of hydrogen-bond donors (Lipinski definition) is 1. The molecule has 0 bridgehead atoms. The molecule has 1 aromatic heterocycles. The first kappa shape index (κ1) is 31.6. The Balaban J connectivity index is 1.64. The normalized spacial score (nSPS) is 21.8. The van der Waals surface area contributed by atoms with Crippen LogP contribution in [0.5, 0.6) is 0 Å². The smallest absolute Gasteiger partial charge is 0.251 e. The Hall–Kier alpha value is -4.87. The van der Waals surface area contributed by atoms with Crippen molar-refractivity contribution >= 4 is 41.0 Å². The number of aromatic nitrogens is 2. The lowest BCUT2D eigenvalue weighted by Crippen LogP contribution is -2.53. The second-order valence-corrected chi connectivity index (χ2v) is 12.1. The van der Waals surface area contributed by atoms with Crippen molar-refractivity contribution in [3.63, 3.8) is 0 Å². The third-order valence-electron chi connectivity index (χ3n) is 8.26. The molecule has 45 heavy (non-hydrogen) atoms. The molecule has 1 aliphatic heterocycles. The minimum atomic E-state index is -1.32. The van der Waals surface area contributed by atoms with E-state index in [1.807, 2.05) is 6.07 Å². The van der Waals surface area contributed by atoms with Crippen LogP contribution in [0.1, 0.15) is 73.9 Å². The molecule has 1 N–H and O–H groups in total. The summed E-state index contributed by atoms with van der Waals surface area (Å²) in [5, 5.41) is 22.4. The van der Waals surface area contributed by atoms with Gasteiger partial charge >= 0.3 is 0 Å². The Morgan fingerprint density at radius 2 is 1.87 bits per heavy atom. The molecule has 230 valence electrons. The van der Waals surface area contributed by atoms with Crippen LogP contribution in [0.3, 0.4) is 0 Å². The van der Waals surface area contributed by atoms with Gasteiger partial charge in [-0.2, -0.15) is 10.5 Å². The number of amides is 3. The first-order valence-electron chi connectivity index (χ1n) is 14.6. The summed E-state index contributed by atoms with van der Waals surface area (Å²) >= 11 is 6.67. The highest BCUT2D eigenvalue weighted by molar-refractivity contribution is 6.31. The number of halogens is 2. The topological polar surface area (TPSA) is 143 Å². The SMILES string of the molecule is Cc1cc(C#N)cc(N(C(=O)[C@@H]2CCC(=O)N2c2nccc(C#N)n2)[C@H](C(=O)NC2CCC(C)(F)CC2)c2ccccc2Cl)c1. The highest BCUT2D eigenvalue weighted by atomic mass is 35.5. The van der Waals surface area contributed by atoms with Crippen LogP contribution in [-0.2, 0) is 14.4 Å². The van der Waals surface area contributed by atoms with Gasteiger partial charge in [-0.25, -0.2) is 14.4 Å². The van der Waals surface area contributed by atoms with E-state index in [-0.39, 0.29) is 59.6 Å². The lowest BCUT2D eigenvalue weighted by Gasteiger charge is -2.37. The second kappa shape index (κ2) is 13.0. The van der Waals surface area contributed by atoms with Crippen molar-refractivity contribution in [2.45, 2.75) is 76.2 Å². The molecule has 3 amide bonds. The molecule has 1 saturated heterocycles. The summed E-state index contributed by atoms with van der Waals surface area (Å²) in [6.07, 6.45) is 2.83. The minimum absolute atomic E-state index is 0.00861. The van der Waals surface area contributed by atoms with E-state index in [1.54, 1.807) is 50.2 Å². The van der Waals surface area contributed by atoms with E-state index < -0.39 is 35.5 Å². The number of nitriles is 2. The molecule has 1 saturated carbocycles. The van der Waals surface area contributed by atoms with Crippen LogP contribution in [0.15, 0.2) is 54.7 Å². The summed E-state index contributed by atoms with van der Waals surface area (Å²) in [5.41, 5.74) is 0.214. The molecule has 3 aromatic rings. The number of carbonyl (C=O) groups excluding carboxylic acids is 3. The molecular formula is C33H31ClFN7O3. The Morgan fingerprint density at radius 1 is 1.13 bits per heavy atom. The van der Waals surface area contributed by atoms with Crippen molar-refractivity contribution in [2.24, 2.45) is 0 Å². The van der Waals surface area contributed by atoms with Crippen LogP contribution >= 0.6 is 11.6 Å². The number of benzene rings is 2. The van der Waals surface area contributed by atoms with E-state index in [0.29, 0.717) is 24.0 Å². The zero-order valence-electron chi connectivity index (χ0n) is 24.8. The first-order valence-corrected chi connectivity index (χ1v) is 15.0. The maximum absolute atomic E-state index is 14.8. The number of alkyl halides is 1. The summed E-state index contributed by atoms with van der Waals surface area (Å²) in [6.45, 7) is 3.31. The Kier molecular flexibility index (Phi) is 9.12. The molecule has 2 aliphatic rings. The molecule has 5 rings (SSSR count). The van der Waals surface area contributed by atoms with Gasteiger partial charge in [0.25, 0.3) is 5.91 Å². The quantitative estimate of drug-likeness (QED) is 0.377. The van der Waals surface area contributed by atoms with Crippen molar-refractivity contribution in [1.82, 2.24) is 15.3 Å². The van der Waals surface area contributed by atoms with E-state index in [2.05, 4.69) is 21.4 Å². The molecule has 1 aliphatic carbocycles. The van der Waals surface area contributed by atoms with Gasteiger partial charge in [0.15, 0.2) is 0 Å². The van der Waals surface area contributed by atoms with Gasteiger partial charge in [-0.15, -0.1) is 0 Å². The van der Waals surface area contributed by atoms with E-state index in [0.717, 1.165) is 4.90 Å². The fourth-order valence-electron chi connectivity index (χ4n) is 5.96. The van der Waals surface area contributed by atoms with Crippen molar-refractivity contribution in [1.29, 1.82) is 10.5 Å². The molecule has 2 aromatic carbocycles. The molecule has 0 radical (unpaired) electrons. The van der Waals surface area contributed by atoms with E-state index in [1.165, 1.54) is 23.2 Å². The number of anilines is 2. The van der Waals surface area contributed by atoms with Crippen molar-refractivity contribution < 1.29 is 18.8 Å². The molecule has 10 nitrogen and oxygen atoms in total. The number of aryl methyl sites for hydroxylation is 1.